The molecule has 2 amide bonds. The zero-order valence-corrected chi connectivity index (χ0v) is 13.4. The first kappa shape index (κ1) is 19.7. The second kappa shape index (κ2) is 11.3. The Hall–Kier alpha value is -1.34. The molecule has 0 radical (unpaired) electrons. The summed E-state index contributed by atoms with van der Waals surface area (Å²) in [5, 5.41) is 11.8. The van der Waals surface area contributed by atoms with Crippen LogP contribution in [0, 0.1) is 5.92 Å². The van der Waals surface area contributed by atoms with Crippen molar-refractivity contribution in [3.8, 4) is 0 Å². The average Bonchev–Trinajstić information content (AvgIpc) is 2.46. The Morgan fingerprint density at radius 2 is 1.81 bits per heavy atom. The number of carbonyl (C=O) groups is 2. The summed E-state index contributed by atoms with van der Waals surface area (Å²) in [6.07, 6.45) is 1.37. The Bertz CT molecular complexity index is 312. The topological polar surface area (TPSA) is 88.1 Å². The van der Waals surface area contributed by atoms with E-state index in [1.165, 1.54) is 0 Å². The Balaban J connectivity index is 4.63. The van der Waals surface area contributed by atoms with Crippen LogP contribution in [0.2, 0.25) is 0 Å². The molecular formula is C14H28N2O5. The number of nitrogens with zero attached hydrogens (tertiary/aromatic N) is 1. The number of methoxy groups -OCH3 is 2. The van der Waals surface area contributed by atoms with Crippen LogP contribution in [-0.4, -0.2) is 68.6 Å². The molecule has 2 atom stereocenters. The molecule has 0 aromatic carbocycles. The smallest absolute Gasteiger partial charge is 0.326 e. The number of urea groups is 1. The second-order valence-corrected chi connectivity index (χ2v) is 4.98. The Kier molecular flexibility index (Phi) is 10.6. The molecule has 21 heavy (non-hydrogen) atoms. The molecule has 0 bridgehead atoms. The van der Waals surface area contributed by atoms with Crippen molar-refractivity contribution in [1.29, 1.82) is 0 Å². The molecule has 0 spiro atoms. The quantitative estimate of drug-likeness (QED) is 0.560. The van der Waals surface area contributed by atoms with Crippen LogP contribution in [0.3, 0.4) is 0 Å². The first-order valence-corrected chi connectivity index (χ1v) is 7.24. The molecule has 0 aromatic rings. The van der Waals surface area contributed by atoms with Gasteiger partial charge >= 0.3 is 12.0 Å². The van der Waals surface area contributed by atoms with Gasteiger partial charge in [-0.2, -0.15) is 0 Å². The summed E-state index contributed by atoms with van der Waals surface area (Å²) in [4.78, 5) is 25.0. The van der Waals surface area contributed by atoms with Crippen LogP contribution in [0.1, 0.15) is 26.7 Å². The van der Waals surface area contributed by atoms with Crippen molar-refractivity contribution in [2.24, 2.45) is 5.92 Å². The minimum atomic E-state index is -1.01. The van der Waals surface area contributed by atoms with E-state index in [2.05, 4.69) is 5.32 Å². The van der Waals surface area contributed by atoms with Gasteiger partial charge in [0.2, 0.25) is 0 Å². The second-order valence-electron chi connectivity index (χ2n) is 4.98. The molecule has 7 nitrogen and oxygen atoms in total. The number of ether oxygens (including phenoxy) is 2. The van der Waals surface area contributed by atoms with Gasteiger partial charge in [-0.1, -0.05) is 20.3 Å². The van der Waals surface area contributed by atoms with E-state index >= 15 is 0 Å². The Morgan fingerprint density at radius 1 is 1.19 bits per heavy atom. The standard InChI is InChI=1S/C14H28N2O5/c1-5-11(2)12(13(17)18)15-14(19)16(8-10-21-4)7-6-9-20-3/h11-12H,5-10H2,1-4H3,(H,15,19)(H,17,18)/t11-,12-/m0/s1. The SMILES string of the molecule is CC[C@H](C)[C@H](NC(=O)N(CCCOC)CCOC)C(=O)O. The number of nitrogens with one attached hydrogen (secondary N) is 1. The van der Waals surface area contributed by atoms with Crippen molar-refractivity contribution in [1.82, 2.24) is 10.2 Å². The van der Waals surface area contributed by atoms with E-state index < -0.39 is 12.0 Å². The third kappa shape index (κ3) is 7.87. The fraction of sp³-hybridized carbons (Fsp3) is 0.857. The van der Waals surface area contributed by atoms with Crippen molar-refractivity contribution in [2.45, 2.75) is 32.7 Å². The summed E-state index contributed by atoms with van der Waals surface area (Å²) in [6, 6.07) is -1.26. The lowest BCUT2D eigenvalue weighted by molar-refractivity contribution is -0.140. The van der Waals surface area contributed by atoms with Crippen molar-refractivity contribution in [3.05, 3.63) is 0 Å². The number of hydrogen-bond donors (Lipinski definition) is 2. The molecule has 0 aromatic heterocycles. The average molecular weight is 304 g/mol. The number of amides is 2. The van der Waals surface area contributed by atoms with Crippen molar-refractivity contribution in [2.75, 3.05) is 40.5 Å². The maximum absolute atomic E-state index is 12.2. The van der Waals surface area contributed by atoms with E-state index in [0.717, 1.165) is 0 Å². The monoisotopic (exact) mass is 304 g/mol. The van der Waals surface area contributed by atoms with Crippen LogP contribution in [0.15, 0.2) is 0 Å². The summed E-state index contributed by atoms with van der Waals surface area (Å²) in [5.41, 5.74) is 0. The molecule has 0 saturated carbocycles. The van der Waals surface area contributed by atoms with Gasteiger partial charge in [-0.3, -0.25) is 0 Å². The highest BCUT2D eigenvalue weighted by Gasteiger charge is 2.27. The summed E-state index contributed by atoms with van der Waals surface area (Å²) in [6.45, 7) is 5.57. The van der Waals surface area contributed by atoms with Crippen LogP contribution in [0.25, 0.3) is 0 Å². The Morgan fingerprint density at radius 3 is 2.29 bits per heavy atom. The van der Waals surface area contributed by atoms with Gasteiger partial charge in [-0.25, -0.2) is 9.59 Å². The van der Waals surface area contributed by atoms with Gasteiger partial charge in [-0.15, -0.1) is 0 Å². The normalized spacial score (nSPS) is 13.5. The van der Waals surface area contributed by atoms with Crippen molar-refractivity contribution >= 4 is 12.0 Å². The van der Waals surface area contributed by atoms with Gasteiger partial charge < -0.3 is 24.8 Å². The molecular weight excluding hydrogens is 276 g/mol. The first-order chi connectivity index (χ1) is 9.97. The molecule has 0 fully saturated rings. The van der Waals surface area contributed by atoms with E-state index in [0.29, 0.717) is 39.1 Å². The zero-order chi connectivity index (χ0) is 16.3. The number of carboxylic acid groups (broad SMARTS) is 1. The Labute approximate surface area is 126 Å². The predicted molar refractivity (Wildman–Crippen MR) is 79.4 cm³/mol. The van der Waals surface area contributed by atoms with Gasteiger partial charge in [0.1, 0.15) is 6.04 Å². The summed E-state index contributed by atoms with van der Waals surface area (Å²) in [7, 11) is 3.16. The van der Waals surface area contributed by atoms with E-state index in [1.54, 1.807) is 19.1 Å². The van der Waals surface area contributed by atoms with E-state index in [-0.39, 0.29) is 11.9 Å². The molecule has 0 unspecified atom stereocenters. The molecule has 0 aliphatic heterocycles. The molecule has 2 N–H and O–H groups in total. The fourth-order valence-corrected chi connectivity index (χ4v) is 1.82. The lowest BCUT2D eigenvalue weighted by Gasteiger charge is -2.27. The zero-order valence-electron chi connectivity index (χ0n) is 13.4. The molecule has 7 heteroatoms. The van der Waals surface area contributed by atoms with Gasteiger partial charge in [0.05, 0.1) is 6.61 Å². The minimum absolute atomic E-state index is 0.130. The maximum Gasteiger partial charge on any atom is 0.326 e. The lowest BCUT2D eigenvalue weighted by Crippen LogP contribution is -2.51. The first-order valence-electron chi connectivity index (χ1n) is 7.24. The third-order valence-electron chi connectivity index (χ3n) is 3.39. The van der Waals surface area contributed by atoms with Crippen LogP contribution in [-0.2, 0) is 14.3 Å². The van der Waals surface area contributed by atoms with Gasteiger partial charge in [0.15, 0.2) is 0 Å². The largest absolute Gasteiger partial charge is 0.480 e. The van der Waals surface area contributed by atoms with Crippen LogP contribution in [0.4, 0.5) is 4.79 Å². The van der Waals surface area contributed by atoms with Crippen LogP contribution >= 0.6 is 0 Å². The summed E-state index contributed by atoms with van der Waals surface area (Å²) >= 11 is 0. The van der Waals surface area contributed by atoms with E-state index in [4.69, 9.17) is 9.47 Å². The molecule has 0 aliphatic carbocycles. The third-order valence-corrected chi connectivity index (χ3v) is 3.39. The molecule has 0 aliphatic rings. The van der Waals surface area contributed by atoms with E-state index in [1.807, 2.05) is 13.8 Å². The highest BCUT2D eigenvalue weighted by Crippen LogP contribution is 2.08. The van der Waals surface area contributed by atoms with Crippen LogP contribution < -0.4 is 5.32 Å². The number of rotatable bonds is 11. The fourth-order valence-electron chi connectivity index (χ4n) is 1.82. The van der Waals surface area contributed by atoms with E-state index in [9.17, 15) is 14.7 Å². The number of aliphatic carboxylic acids is 1. The number of hydrogen-bond acceptors (Lipinski definition) is 4. The predicted octanol–water partition coefficient (Wildman–Crippen LogP) is 1.18. The maximum atomic E-state index is 12.2. The lowest BCUT2D eigenvalue weighted by atomic mass is 9.99. The summed E-state index contributed by atoms with van der Waals surface area (Å²) < 4.78 is 9.95. The summed E-state index contributed by atoms with van der Waals surface area (Å²) in [5.74, 6) is -1.14. The molecule has 0 rings (SSSR count). The number of carboxylic acids is 1. The van der Waals surface area contributed by atoms with Gasteiger partial charge in [-0.05, 0) is 12.3 Å². The van der Waals surface area contributed by atoms with Gasteiger partial charge in [0, 0.05) is 33.9 Å². The minimum Gasteiger partial charge on any atom is -0.480 e. The number of carbonyl (C=O) groups excluding carboxylic acids is 1. The highest BCUT2D eigenvalue weighted by molar-refractivity contribution is 5.82. The molecule has 0 heterocycles. The molecule has 0 saturated heterocycles. The van der Waals surface area contributed by atoms with Crippen LogP contribution in [0.5, 0.6) is 0 Å². The highest BCUT2D eigenvalue weighted by atomic mass is 16.5. The van der Waals surface area contributed by atoms with Gasteiger partial charge in [0.25, 0.3) is 0 Å². The van der Waals surface area contributed by atoms with Crippen molar-refractivity contribution < 1.29 is 24.2 Å². The molecule has 124 valence electrons. The van der Waals surface area contributed by atoms with Crippen molar-refractivity contribution in [3.63, 3.8) is 0 Å².